The zero-order valence-electron chi connectivity index (χ0n) is 18.1. The third-order valence-corrected chi connectivity index (χ3v) is 6.14. The van der Waals surface area contributed by atoms with Gasteiger partial charge in [0.25, 0.3) is 5.91 Å². The lowest BCUT2D eigenvalue weighted by molar-refractivity contribution is -0.130. The summed E-state index contributed by atoms with van der Waals surface area (Å²) in [4.78, 5) is 28.0. The van der Waals surface area contributed by atoms with E-state index in [-0.39, 0.29) is 18.4 Å². The number of aromatic nitrogens is 1. The van der Waals surface area contributed by atoms with Crippen LogP contribution < -0.4 is 5.32 Å². The first-order chi connectivity index (χ1) is 15.0. The van der Waals surface area contributed by atoms with Gasteiger partial charge < -0.3 is 14.7 Å². The van der Waals surface area contributed by atoms with E-state index in [1.54, 1.807) is 22.7 Å². The Labute approximate surface area is 187 Å². The maximum Gasteiger partial charge on any atom is 0.252 e. The molecule has 0 unspecified atom stereocenters. The van der Waals surface area contributed by atoms with Gasteiger partial charge in [0, 0.05) is 29.3 Å². The van der Waals surface area contributed by atoms with Crippen LogP contribution in [0.15, 0.2) is 64.0 Å². The summed E-state index contributed by atoms with van der Waals surface area (Å²) in [7, 11) is 0. The third-order valence-electron chi connectivity index (χ3n) is 5.04. The maximum atomic E-state index is 12.8. The van der Waals surface area contributed by atoms with E-state index in [4.69, 9.17) is 4.52 Å². The fourth-order valence-corrected chi connectivity index (χ4v) is 4.38. The number of carbonyl (C=O) groups excluding carboxylic acids is 2. The number of likely N-dealkylation sites (N-methyl/N-ethyl adjacent to an activating group) is 1. The average Bonchev–Trinajstić information content (AvgIpc) is 3.12. The fourth-order valence-electron chi connectivity index (χ4n) is 3.18. The molecule has 0 radical (unpaired) electrons. The summed E-state index contributed by atoms with van der Waals surface area (Å²) in [6.07, 6.45) is 0. The quantitative estimate of drug-likeness (QED) is 0.504. The van der Waals surface area contributed by atoms with Gasteiger partial charge in [-0.15, -0.1) is 11.8 Å². The first-order valence-electron chi connectivity index (χ1n) is 10.2. The van der Waals surface area contributed by atoms with Crippen LogP contribution in [0.25, 0.3) is 0 Å². The van der Waals surface area contributed by atoms with Gasteiger partial charge in [0.05, 0.1) is 17.8 Å². The second-order valence-electron chi connectivity index (χ2n) is 7.16. The maximum absolute atomic E-state index is 12.8. The minimum absolute atomic E-state index is 0.0393. The average molecular weight is 438 g/mol. The molecule has 0 aliphatic rings. The topological polar surface area (TPSA) is 75.4 Å². The van der Waals surface area contributed by atoms with Gasteiger partial charge in [-0.2, -0.15) is 0 Å². The zero-order valence-corrected chi connectivity index (χ0v) is 18.9. The van der Waals surface area contributed by atoms with Gasteiger partial charge in [-0.3, -0.25) is 9.59 Å². The van der Waals surface area contributed by atoms with E-state index in [9.17, 15) is 9.59 Å². The molecule has 0 fully saturated rings. The molecule has 7 heteroatoms. The monoisotopic (exact) mass is 437 g/mol. The first-order valence-corrected chi connectivity index (χ1v) is 11.2. The van der Waals surface area contributed by atoms with Crippen LogP contribution in [0, 0.1) is 13.8 Å². The lowest BCUT2D eigenvalue weighted by Crippen LogP contribution is -2.39. The largest absolute Gasteiger partial charge is 0.361 e. The molecule has 6 nitrogen and oxygen atoms in total. The predicted octanol–water partition coefficient (Wildman–Crippen LogP) is 4.36. The number of rotatable bonds is 9. The van der Waals surface area contributed by atoms with Gasteiger partial charge in [-0.1, -0.05) is 47.6 Å². The number of amides is 2. The molecule has 1 heterocycles. The SMILES string of the molecule is CCN(Cc1ccccc1)C(=O)CNC(=O)c1ccccc1SCc1c(C)noc1C. The molecule has 2 amide bonds. The van der Waals surface area contributed by atoms with Crippen molar-refractivity contribution in [3.8, 4) is 0 Å². The Kier molecular flexibility index (Phi) is 7.89. The van der Waals surface area contributed by atoms with E-state index in [1.807, 2.05) is 69.3 Å². The highest BCUT2D eigenvalue weighted by Gasteiger charge is 2.17. The van der Waals surface area contributed by atoms with Gasteiger partial charge in [0.2, 0.25) is 5.91 Å². The van der Waals surface area contributed by atoms with E-state index in [0.717, 1.165) is 27.5 Å². The number of benzene rings is 2. The lowest BCUT2D eigenvalue weighted by Gasteiger charge is -2.21. The molecule has 2 aromatic carbocycles. The van der Waals surface area contributed by atoms with Crippen molar-refractivity contribution < 1.29 is 14.1 Å². The normalized spacial score (nSPS) is 10.7. The Bertz CT molecular complexity index is 1010. The second kappa shape index (κ2) is 10.8. The number of nitrogens with zero attached hydrogens (tertiary/aromatic N) is 2. The summed E-state index contributed by atoms with van der Waals surface area (Å²) >= 11 is 1.55. The molecule has 0 aliphatic heterocycles. The summed E-state index contributed by atoms with van der Waals surface area (Å²) in [5.41, 5.74) is 3.51. The van der Waals surface area contributed by atoms with Crippen LogP contribution in [0.5, 0.6) is 0 Å². The van der Waals surface area contributed by atoms with Crippen LogP contribution in [0.4, 0.5) is 0 Å². The molecule has 0 aliphatic carbocycles. The Balaban J connectivity index is 1.60. The molecule has 0 atom stereocenters. The van der Waals surface area contributed by atoms with Gasteiger partial charge in [0.15, 0.2) is 0 Å². The zero-order chi connectivity index (χ0) is 22.2. The molecule has 0 saturated heterocycles. The molecule has 1 N–H and O–H groups in total. The third kappa shape index (κ3) is 5.98. The molecule has 1 aromatic heterocycles. The highest BCUT2D eigenvalue weighted by molar-refractivity contribution is 7.98. The van der Waals surface area contributed by atoms with E-state index < -0.39 is 0 Å². The Morgan fingerprint density at radius 1 is 1.06 bits per heavy atom. The van der Waals surface area contributed by atoms with E-state index in [2.05, 4.69) is 10.5 Å². The van der Waals surface area contributed by atoms with Crippen molar-refractivity contribution >= 4 is 23.6 Å². The molecule has 3 aromatic rings. The second-order valence-corrected chi connectivity index (χ2v) is 8.18. The molecule has 0 saturated carbocycles. The lowest BCUT2D eigenvalue weighted by atomic mass is 10.2. The van der Waals surface area contributed by atoms with Gasteiger partial charge in [-0.25, -0.2) is 0 Å². The summed E-state index contributed by atoms with van der Waals surface area (Å²) in [6, 6.07) is 17.2. The van der Waals surface area contributed by atoms with Crippen LogP contribution in [0.3, 0.4) is 0 Å². The van der Waals surface area contributed by atoms with Crippen LogP contribution in [0.2, 0.25) is 0 Å². The van der Waals surface area contributed by atoms with Gasteiger partial charge >= 0.3 is 0 Å². The molecule has 0 bridgehead atoms. The number of carbonyl (C=O) groups is 2. The first kappa shape index (κ1) is 22.6. The standard InChI is InChI=1S/C24H27N3O3S/c1-4-27(15-19-10-6-5-7-11-19)23(28)14-25-24(29)20-12-8-9-13-22(20)31-16-21-17(2)26-30-18(21)3/h5-13H,4,14-16H2,1-3H3,(H,25,29). The van der Waals surface area contributed by atoms with Crippen LogP contribution >= 0.6 is 11.8 Å². The van der Waals surface area contributed by atoms with E-state index in [1.165, 1.54) is 0 Å². The van der Waals surface area contributed by atoms with Crippen molar-refractivity contribution in [1.82, 2.24) is 15.4 Å². The minimum atomic E-state index is -0.258. The summed E-state index contributed by atoms with van der Waals surface area (Å²) < 4.78 is 5.22. The Hall–Kier alpha value is -3.06. The molecular formula is C24H27N3O3S. The number of nitrogens with one attached hydrogen (secondary N) is 1. The van der Waals surface area contributed by atoms with Crippen molar-refractivity contribution in [2.24, 2.45) is 0 Å². The predicted molar refractivity (Wildman–Crippen MR) is 122 cm³/mol. The summed E-state index contributed by atoms with van der Waals surface area (Å²) in [5.74, 6) is 1.08. The number of aryl methyl sites for hydroxylation is 2. The molecule has 3 rings (SSSR count). The van der Waals surface area contributed by atoms with Crippen molar-refractivity contribution in [3.05, 3.63) is 82.7 Å². The minimum Gasteiger partial charge on any atom is -0.361 e. The van der Waals surface area contributed by atoms with Crippen molar-refractivity contribution in [2.45, 2.75) is 38.0 Å². The summed E-state index contributed by atoms with van der Waals surface area (Å²) in [6.45, 7) is 6.79. The van der Waals surface area contributed by atoms with Crippen molar-refractivity contribution in [1.29, 1.82) is 0 Å². The van der Waals surface area contributed by atoms with E-state index in [0.29, 0.717) is 24.4 Å². The number of thioether (sulfide) groups is 1. The number of hydrogen-bond acceptors (Lipinski definition) is 5. The van der Waals surface area contributed by atoms with Crippen molar-refractivity contribution in [2.75, 3.05) is 13.1 Å². The molecule has 162 valence electrons. The van der Waals surface area contributed by atoms with Crippen LogP contribution in [0.1, 0.15) is 39.9 Å². The van der Waals surface area contributed by atoms with Gasteiger partial charge in [0.1, 0.15) is 5.76 Å². The highest BCUT2D eigenvalue weighted by Crippen LogP contribution is 2.28. The molecule has 0 spiro atoms. The Morgan fingerprint density at radius 2 is 1.77 bits per heavy atom. The highest BCUT2D eigenvalue weighted by atomic mass is 32.2. The Morgan fingerprint density at radius 3 is 2.45 bits per heavy atom. The fraction of sp³-hybridized carbons (Fsp3) is 0.292. The summed E-state index contributed by atoms with van der Waals surface area (Å²) in [5, 5.41) is 6.76. The molecular weight excluding hydrogens is 410 g/mol. The number of hydrogen-bond donors (Lipinski definition) is 1. The van der Waals surface area contributed by atoms with E-state index >= 15 is 0 Å². The van der Waals surface area contributed by atoms with Gasteiger partial charge in [-0.05, 0) is 38.5 Å². The van der Waals surface area contributed by atoms with Crippen molar-refractivity contribution in [3.63, 3.8) is 0 Å². The molecule has 31 heavy (non-hydrogen) atoms. The van der Waals surface area contributed by atoms with Crippen LogP contribution in [-0.4, -0.2) is 35.0 Å². The smallest absolute Gasteiger partial charge is 0.252 e. The van der Waals surface area contributed by atoms with Crippen LogP contribution in [-0.2, 0) is 17.1 Å².